The fraction of sp³-hybridized carbons (Fsp3) is 0.600. The first-order chi connectivity index (χ1) is 7.70. The molecule has 1 aliphatic carbocycles. The predicted molar refractivity (Wildman–Crippen MR) is 69.6 cm³/mol. The maximum Gasteiger partial charge on any atom is 0.0210 e. The van der Waals surface area contributed by atoms with Gasteiger partial charge in [0, 0.05) is 12.6 Å². The summed E-state index contributed by atoms with van der Waals surface area (Å²) < 4.78 is 0. The lowest BCUT2D eigenvalue weighted by molar-refractivity contribution is 0.448. The molecule has 1 saturated carbocycles. The molecule has 2 rings (SSSR count). The predicted octanol–water partition coefficient (Wildman–Crippen LogP) is 3.58. The van der Waals surface area contributed by atoms with Crippen LogP contribution in [0.15, 0.2) is 18.2 Å². The SMILES string of the molecule is CCC(NCc1ccc(C)cc1C)C1CC1. The highest BCUT2D eigenvalue weighted by molar-refractivity contribution is 5.30. The van der Waals surface area contributed by atoms with Gasteiger partial charge in [0.2, 0.25) is 0 Å². The van der Waals surface area contributed by atoms with Gasteiger partial charge in [-0.1, -0.05) is 30.7 Å². The Balaban J connectivity index is 1.92. The summed E-state index contributed by atoms with van der Waals surface area (Å²) >= 11 is 0. The fourth-order valence-electron chi connectivity index (χ4n) is 2.43. The van der Waals surface area contributed by atoms with E-state index in [9.17, 15) is 0 Å². The van der Waals surface area contributed by atoms with E-state index in [2.05, 4.69) is 44.3 Å². The Labute approximate surface area is 99.3 Å². The monoisotopic (exact) mass is 217 g/mol. The van der Waals surface area contributed by atoms with Crippen molar-refractivity contribution in [1.29, 1.82) is 0 Å². The molecule has 1 N–H and O–H groups in total. The molecule has 0 radical (unpaired) electrons. The molecule has 88 valence electrons. The lowest BCUT2D eigenvalue weighted by Crippen LogP contribution is -2.30. The van der Waals surface area contributed by atoms with Gasteiger partial charge in [0.1, 0.15) is 0 Å². The van der Waals surface area contributed by atoms with E-state index in [0.29, 0.717) is 0 Å². The van der Waals surface area contributed by atoms with Gasteiger partial charge in [0.25, 0.3) is 0 Å². The Morgan fingerprint density at radius 2 is 2.06 bits per heavy atom. The molecule has 0 aromatic heterocycles. The van der Waals surface area contributed by atoms with Gasteiger partial charge in [-0.15, -0.1) is 0 Å². The second kappa shape index (κ2) is 5.01. The second-order valence-electron chi connectivity index (χ2n) is 5.16. The summed E-state index contributed by atoms with van der Waals surface area (Å²) in [5.41, 5.74) is 4.22. The first kappa shape index (κ1) is 11.7. The zero-order valence-corrected chi connectivity index (χ0v) is 10.7. The van der Waals surface area contributed by atoms with E-state index in [1.54, 1.807) is 0 Å². The minimum Gasteiger partial charge on any atom is -0.310 e. The van der Waals surface area contributed by atoms with Crippen LogP contribution in [-0.4, -0.2) is 6.04 Å². The third-order valence-electron chi connectivity index (χ3n) is 3.68. The average molecular weight is 217 g/mol. The van der Waals surface area contributed by atoms with Crippen molar-refractivity contribution in [2.24, 2.45) is 5.92 Å². The summed E-state index contributed by atoms with van der Waals surface area (Å²) in [5, 5.41) is 3.71. The van der Waals surface area contributed by atoms with Gasteiger partial charge in [-0.2, -0.15) is 0 Å². The van der Waals surface area contributed by atoms with Gasteiger partial charge in [0.05, 0.1) is 0 Å². The first-order valence-corrected chi connectivity index (χ1v) is 6.50. The molecule has 1 aliphatic rings. The molecule has 1 nitrogen and oxygen atoms in total. The lowest BCUT2D eigenvalue weighted by Gasteiger charge is -2.17. The van der Waals surface area contributed by atoms with E-state index in [4.69, 9.17) is 0 Å². The molecule has 0 amide bonds. The third kappa shape index (κ3) is 2.85. The number of nitrogens with one attached hydrogen (secondary N) is 1. The highest BCUT2D eigenvalue weighted by atomic mass is 14.9. The Bertz CT molecular complexity index is 352. The van der Waals surface area contributed by atoms with Crippen LogP contribution >= 0.6 is 0 Å². The van der Waals surface area contributed by atoms with Crippen molar-refractivity contribution in [2.45, 2.75) is 52.6 Å². The van der Waals surface area contributed by atoms with Crippen LogP contribution in [0.1, 0.15) is 42.9 Å². The molecule has 1 atom stereocenters. The van der Waals surface area contributed by atoms with Crippen LogP contribution < -0.4 is 5.32 Å². The Kier molecular flexibility index (Phi) is 3.65. The van der Waals surface area contributed by atoms with Crippen molar-refractivity contribution < 1.29 is 0 Å². The average Bonchev–Trinajstić information content (AvgIpc) is 3.06. The number of aryl methyl sites for hydroxylation is 2. The van der Waals surface area contributed by atoms with Crippen LogP contribution in [0, 0.1) is 19.8 Å². The Morgan fingerprint density at radius 3 is 2.62 bits per heavy atom. The number of rotatable bonds is 5. The Morgan fingerprint density at radius 1 is 1.31 bits per heavy atom. The van der Waals surface area contributed by atoms with Crippen molar-refractivity contribution in [3.63, 3.8) is 0 Å². The van der Waals surface area contributed by atoms with E-state index in [1.807, 2.05) is 0 Å². The fourth-order valence-corrected chi connectivity index (χ4v) is 2.43. The minimum atomic E-state index is 0.737. The van der Waals surface area contributed by atoms with Gasteiger partial charge in [-0.05, 0) is 50.2 Å². The molecule has 1 fully saturated rings. The number of hydrogen-bond acceptors (Lipinski definition) is 1. The van der Waals surface area contributed by atoms with Crippen molar-refractivity contribution in [2.75, 3.05) is 0 Å². The van der Waals surface area contributed by atoms with Crippen molar-refractivity contribution >= 4 is 0 Å². The standard InChI is InChI=1S/C15H23N/c1-4-15(13-7-8-13)16-10-14-6-5-11(2)9-12(14)3/h5-6,9,13,15-16H,4,7-8,10H2,1-3H3. The maximum absolute atomic E-state index is 3.71. The van der Waals surface area contributed by atoms with Crippen LogP contribution in [0.4, 0.5) is 0 Å². The van der Waals surface area contributed by atoms with E-state index in [0.717, 1.165) is 18.5 Å². The molecular weight excluding hydrogens is 194 g/mol. The molecule has 1 heteroatoms. The summed E-state index contributed by atoms with van der Waals surface area (Å²) in [6.45, 7) is 7.68. The van der Waals surface area contributed by atoms with Gasteiger partial charge < -0.3 is 5.32 Å². The van der Waals surface area contributed by atoms with Crippen LogP contribution in [-0.2, 0) is 6.54 Å². The minimum absolute atomic E-state index is 0.737. The van der Waals surface area contributed by atoms with Crippen LogP contribution in [0.25, 0.3) is 0 Å². The lowest BCUT2D eigenvalue weighted by atomic mass is 10.0. The van der Waals surface area contributed by atoms with Gasteiger partial charge in [-0.25, -0.2) is 0 Å². The summed E-state index contributed by atoms with van der Waals surface area (Å²) in [7, 11) is 0. The van der Waals surface area contributed by atoms with Crippen molar-refractivity contribution in [3.8, 4) is 0 Å². The Hall–Kier alpha value is -0.820. The van der Waals surface area contributed by atoms with Crippen molar-refractivity contribution in [3.05, 3.63) is 34.9 Å². The summed E-state index contributed by atoms with van der Waals surface area (Å²) in [5.74, 6) is 0.954. The number of hydrogen-bond donors (Lipinski definition) is 1. The summed E-state index contributed by atoms with van der Waals surface area (Å²) in [4.78, 5) is 0. The van der Waals surface area contributed by atoms with Crippen LogP contribution in [0.3, 0.4) is 0 Å². The zero-order valence-electron chi connectivity index (χ0n) is 10.7. The quantitative estimate of drug-likeness (QED) is 0.795. The molecule has 0 aliphatic heterocycles. The van der Waals surface area contributed by atoms with E-state index >= 15 is 0 Å². The maximum atomic E-state index is 3.71. The molecule has 1 aromatic rings. The van der Waals surface area contributed by atoms with Gasteiger partial charge in [0.15, 0.2) is 0 Å². The summed E-state index contributed by atoms with van der Waals surface area (Å²) in [6.07, 6.45) is 4.12. The molecule has 0 heterocycles. The van der Waals surface area contributed by atoms with Gasteiger partial charge >= 0.3 is 0 Å². The van der Waals surface area contributed by atoms with Crippen LogP contribution in [0.2, 0.25) is 0 Å². The highest BCUT2D eigenvalue weighted by Gasteiger charge is 2.29. The van der Waals surface area contributed by atoms with Gasteiger partial charge in [-0.3, -0.25) is 0 Å². The van der Waals surface area contributed by atoms with E-state index in [1.165, 1.54) is 36.0 Å². The molecule has 0 saturated heterocycles. The molecule has 1 unspecified atom stereocenters. The molecule has 16 heavy (non-hydrogen) atoms. The van der Waals surface area contributed by atoms with E-state index in [-0.39, 0.29) is 0 Å². The smallest absolute Gasteiger partial charge is 0.0210 e. The second-order valence-corrected chi connectivity index (χ2v) is 5.16. The van der Waals surface area contributed by atoms with Crippen molar-refractivity contribution in [1.82, 2.24) is 5.32 Å². The third-order valence-corrected chi connectivity index (χ3v) is 3.68. The molecule has 0 spiro atoms. The first-order valence-electron chi connectivity index (χ1n) is 6.50. The largest absolute Gasteiger partial charge is 0.310 e. The normalized spacial score (nSPS) is 17.4. The van der Waals surface area contributed by atoms with E-state index < -0.39 is 0 Å². The zero-order chi connectivity index (χ0) is 11.5. The summed E-state index contributed by atoms with van der Waals surface area (Å²) in [6, 6.07) is 7.48. The highest BCUT2D eigenvalue weighted by Crippen LogP contribution is 2.34. The molecule has 0 bridgehead atoms. The molecular formula is C15H23N. The van der Waals surface area contributed by atoms with Crippen LogP contribution in [0.5, 0.6) is 0 Å². The topological polar surface area (TPSA) is 12.0 Å². The molecule has 1 aromatic carbocycles. The number of benzene rings is 1.